The van der Waals surface area contributed by atoms with E-state index in [0.29, 0.717) is 11.3 Å². The lowest BCUT2D eigenvalue weighted by Crippen LogP contribution is -2.18. The average Bonchev–Trinajstić information content (AvgIpc) is 2.48. The van der Waals surface area contributed by atoms with E-state index >= 15 is 0 Å². The van der Waals surface area contributed by atoms with Gasteiger partial charge in [0.1, 0.15) is 0 Å². The Hall–Kier alpha value is -2.25. The van der Waals surface area contributed by atoms with E-state index in [4.69, 9.17) is 0 Å². The second-order valence-corrected chi connectivity index (χ2v) is 5.81. The van der Waals surface area contributed by atoms with Crippen molar-refractivity contribution in [1.82, 2.24) is 9.71 Å². The average molecular weight is 291 g/mol. The van der Waals surface area contributed by atoms with Gasteiger partial charge in [0.2, 0.25) is 10.0 Å². The monoisotopic (exact) mass is 291 g/mol. The van der Waals surface area contributed by atoms with Crippen molar-refractivity contribution < 1.29 is 13.2 Å². The first-order valence-corrected chi connectivity index (χ1v) is 7.26. The molecule has 0 saturated carbocycles. The van der Waals surface area contributed by atoms with Crippen molar-refractivity contribution in [3.63, 3.8) is 0 Å². The molecule has 0 aliphatic carbocycles. The molecule has 0 aliphatic heterocycles. The summed E-state index contributed by atoms with van der Waals surface area (Å²) in [5.74, 6) is -0.281. The lowest BCUT2D eigenvalue weighted by atomic mass is 10.2. The van der Waals surface area contributed by atoms with Crippen LogP contribution in [0.3, 0.4) is 0 Å². The van der Waals surface area contributed by atoms with E-state index < -0.39 is 10.0 Å². The summed E-state index contributed by atoms with van der Waals surface area (Å²) in [6, 6.07) is 9.10. The van der Waals surface area contributed by atoms with Crippen LogP contribution >= 0.6 is 0 Å². The third kappa shape index (κ3) is 3.19. The fourth-order valence-electron chi connectivity index (χ4n) is 1.54. The number of amides is 1. The summed E-state index contributed by atoms with van der Waals surface area (Å²) >= 11 is 0. The molecular formula is C13H13N3O3S. The number of anilines is 1. The number of carbonyl (C=O) groups is 1. The van der Waals surface area contributed by atoms with Gasteiger partial charge in [-0.3, -0.25) is 9.78 Å². The predicted molar refractivity (Wildman–Crippen MR) is 74.9 cm³/mol. The minimum Gasteiger partial charge on any atom is -0.322 e. The molecule has 0 spiro atoms. The summed E-state index contributed by atoms with van der Waals surface area (Å²) in [5, 5.41) is 2.67. The minimum absolute atomic E-state index is 0.141. The molecule has 1 heterocycles. The van der Waals surface area contributed by atoms with Crippen LogP contribution in [0.1, 0.15) is 10.4 Å². The van der Waals surface area contributed by atoms with Crippen molar-refractivity contribution in [3.8, 4) is 0 Å². The van der Waals surface area contributed by atoms with Gasteiger partial charge in [-0.05, 0) is 43.4 Å². The standard InChI is InChI=1S/C13H13N3O3S/c1-14-20(18,19)12-4-2-11(3-5-12)16-13(17)10-6-8-15-9-7-10/h2-9,14H,1H3,(H,16,17). The summed E-state index contributed by atoms with van der Waals surface area (Å²) in [6.45, 7) is 0. The van der Waals surface area contributed by atoms with Crippen molar-refractivity contribution in [1.29, 1.82) is 0 Å². The van der Waals surface area contributed by atoms with Crippen LogP contribution in [-0.4, -0.2) is 26.4 Å². The first-order valence-electron chi connectivity index (χ1n) is 5.78. The highest BCUT2D eigenvalue weighted by Crippen LogP contribution is 2.14. The van der Waals surface area contributed by atoms with Crippen LogP contribution in [-0.2, 0) is 10.0 Å². The maximum absolute atomic E-state index is 11.9. The van der Waals surface area contributed by atoms with Gasteiger partial charge in [0.15, 0.2) is 0 Å². The number of benzene rings is 1. The number of nitrogens with zero attached hydrogens (tertiary/aromatic N) is 1. The van der Waals surface area contributed by atoms with E-state index in [1.165, 1.54) is 43.7 Å². The molecule has 1 amide bonds. The quantitative estimate of drug-likeness (QED) is 0.887. The van der Waals surface area contributed by atoms with Crippen molar-refractivity contribution in [2.24, 2.45) is 0 Å². The van der Waals surface area contributed by atoms with Gasteiger partial charge in [-0.15, -0.1) is 0 Å². The Morgan fingerprint density at radius 3 is 2.20 bits per heavy atom. The maximum atomic E-state index is 11.9. The molecular weight excluding hydrogens is 278 g/mol. The molecule has 0 atom stereocenters. The molecule has 0 unspecified atom stereocenters. The molecule has 0 fully saturated rings. The van der Waals surface area contributed by atoms with Gasteiger partial charge >= 0.3 is 0 Å². The highest BCUT2D eigenvalue weighted by molar-refractivity contribution is 7.89. The molecule has 7 heteroatoms. The number of hydrogen-bond donors (Lipinski definition) is 2. The van der Waals surface area contributed by atoms with Gasteiger partial charge in [0.05, 0.1) is 4.90 Å². The lowest BCUT2D eigenvalue weighted by Gasteiger charge is -2.06. The third-order valence-electron chi connectivity index (χ3n) is 2.63. The number of nitrogens with one attached hydrogen (secondary N) is 2. The molecule has 6 nitrogen and oxygen atoms in total. The van der Waals surface area contributed by atoms with Crippen molar-refractivity contribution in [3.05, 3.63) is 54.4 Å². The van der Waals surface area contributed by atoms with Crippen LogP contribution in [0, 0.1) is 0 Å². The van der Waals surface area contributed by atoms with Gasteiger partial charge in [0.25, 0.3) is 5.91 Å². The first-order chi connectivity index (χ1) is 9.53. The Balaban J connectivity index is 2.14. The van der Waals surface area contributed by atoms with Crippen molar-refractivity contribution in [2.75, 3.05) is 12.4 Å². The van der Waals surface area contributed by atoms with Crippen LogP contribution in [0.5, 0.6) is 0 Å². The number of carbonyl (C=O) groups excluding carboxylic acids is 1. The second-order valence-electron chi connectivity index (χ2n) is 3.92. The van der Waals surface area contributed by atoms with Gasteiger partial charge in [0, 0.05) is 23.6 Å². The van der Waals surface area contributed by atoms with Crippen molar-refractivity contribution in [2.45, 2.75) is 4.90 Å². The molecule has 1 aromatic carbocycles. The molecule has 2 rings (SSSR count). The summed E-state index contributed by atoms with van der Waals surface area (Å²) in [6.07, 6.45) is 3.05. The number of rotatable bonds is 4. The Morgan fingerprint density at radius 2 is 1.65 bits per heavy atom. The molecule has 2 aromatic rings. The fraction of sp³-hybridized carbons (Fsp3) is 0.0769. The number of pyridine rings is 1. The molecule has 2 N–H and O–H groups in total. The highest BCUT2D eigenvalue weighted by atomic mass is 32.2. The molecule has 20 heavy (non-hydrogen) atoms. The number of sulfonamides is 1. The van der Waals surface area contributed by atoms with E-state index in [1.54, 1.807) is 12.1 Å². The SMILES string of the molecule is CNS(=O)(=O)c1ccc(NC(=O)c2ccncc2)cc1. The molecule has 0 saturated heterocycles. The van der Waals surface area contributed by atoms with E-state index in [9.17, 15) is 13.2 Å². The number of hydrogen-bond acceptors (Lipinski definition) is 4. The van der Waals surface area contributed by atoms with Crippen LogP contribution in [0.2, 0.25) is 0 Å². The maximum Gasteiger partial charge on any atom is 0.255 e. The van der Waals surface area contributed by atoms with Gasteiger partial charge < -0.3 is 5.32 Å². The van der Waals surface area contributed by atoms with Crippen molar-refractivity contribution >= 4 is 21.6 Å². The lowest BCUT2D eigenvalue weighted by molar-refractivity contribution is 0.102. The Labute approximate surface area is 116 Å². The normalized spacial score (nSPS) is 11.1. The number of aromatic nitrogens is 1. The van der Waals surface area contributed by atoms with E-state index in [0.717, 1.165) is 0 Å². The van der Waals surface area contributed by atoms with Crippen LogP contribution in [0.4, 0.5) is 5.69 Å². The van der Waals surface area contributed by atoms with E-state index in [-0.39, 0.29) is 10.8 Å². The van der Waals surface area contributed by atoms with Gasteiger partial charge in [-0.1, -0.05) is 0 Å². The van der Waals surface area contributed by atoms with Crippen LogP contribution in [0.25, 0.3) is 0 Å². The van der Waals surface area contributed by atoms with E-state index in [1.807, 2.05) is 0 Å². The van der Waals surface area contributed by atoms with Crippen LogP contribution < -0.4 is 10.0 Å². The van der Waals surface area contributed by atoms with Gasteiger partial charge in [-0.2, -0.15) is 0 Å². The molecule has 104 valence electrons. The third-order valence-corrected chi connectivity index (χ3v) is 4.06. The summed E-state index contributed by atoms with van der Waals surface area (Å²) in [4.78, 5) is 15.9. The zero-order valence-corrected chi connectivity index (χ0v) is 11.5. The molecule has 1 aromatic heterocycles. The Morgan fingerprint density at radius 1 is 1.05 bits per heavy atom. The first kappa shape index (κ1) is 14.2. The summed E-state index contributed by atoms with van der Waals surface area (Å²) in [7, 11) is -2.12. The molecule has 0 radical (unpaired) electrons. The second kappa shape index (κ2) is 5.81. The Kier molecular flexibility index (Phi) is 4.11. The fourth-order valence-corrected chi connectivity index (χ4v) is 2.27. The zero-order chi connectivity index (χ0) is 14.6. The topological polar surface area (TPSA) is 88.2 Å². The predicted octanol–water partition coefficient (Wildman–Crippen LogP) is 1.24. The molecule has 0 bridgehead atoms. The Bertz CT molecular complexity index is 697. The van der Waals surface area contributed by atoms with E-state index in [2.05, 4.69) is 15.0 Å². The minimum atomic E-state index is -3.47. The van der Waals surface area contributed by atoms with Crippen LogP contribution in [0.15, 0.2) is 53.7 Å². The molecule has 0 aliphatic rings. The summed E-state index contributed by atoms with van der Waals surface area (Å²) in [5.41, 5.74) is 0.994. The highest BCUT2D eigenvalue weighted by Gasteiger charge is 2.11. The largest absolute Gasteiger partial charge is 0.322 e. The summed E-state index contributed by atoms with van der Waals surface area (Å²) < 4.78 is 25.3. The van der Waals surface area contributed by atoms with Gasteiger partial charge in [-0.25, -0.2) is 13.1 Å². The zero-order valence-electron chi connectivity index (χ0n) is 10.7. The smallest absolute Gasteiger partial charge is 0.255 e.